The SMILES string of the molecule is CCOC(=O)N(CC(C)N(C)C)c1cccs1. The van der Waals surface area contributed by atoms with Crippen LogP contribution in [0.5, 0.6) is 0 Å². The van der Waals surface area contributed by atoms with Gasteiger partial charge in [0.25, 0.3) is 0 Å². The second-order valence-electron chi connectivity index (χ2n) is 4.07. The van der Waals surface area contributed by atoms with Gasteiger partial charge >= 0.3 is 6.09 Å². The molecule has 1 aromatic heterocycles. The summed E-state index contributed by atoms with van der Waals surface area (Å²) in [6.07, 6.45) is -0.274. The molecule has 0 saturated carbocycles. The van der Waals surface area contributed by atoms with Gasteiger partial charge in [0.1, 0.15) is 5.00 Å². The van der Waals surface area contributed by atoms with Crippen molar-refractivity contribution < 1.29 is 9.53 Å². The first-order valence-corrected chi connectivity index (χ1v) is 6.58. The normalized spacial score (nSPS) is 12.5. The summed E-state index contributed by atoms with van der Waals surface area (Å²) in [5.74, 6) is 0. The van der Waals surface area contributed by atoms with Crippen molar-refractivity contribution in [3.05, 3.63) is 17.5 Å². The molecule has 1 rings (SSSR count). The summed E-state index contributed by atoms with van der Waals surface area (Å²) in [6, 6.07) is 4.15. The van der Waals surface area contributed by atoms with E-state index in [4.69, 9.17) is 4.74 Å². The lowest BCUT2D eigenvalue weighted by Crippen LogP contribution is -2.41. The lowest BCUT2D eigenvalue weighted by atomic mass is 10.3. The molecule has 1 heterocycles. The minimum absolute atomic E-state index is 0.274. The number of ether oxygens (including phenoxy) is 1. The fraction of sp³-hybridized carbons (Fsp3) is 0.583. The van der Waals surface area contributed by atoms with Gasteiger partial charge in [-0.2, -0.15) is 0 Å². The second kappa shape index (κ2) is 6.61. The van der Waals surface area contributed by atoms with Gasteiger partial charge in [-0.3, -0.25) is 4.90 Å². The Morgan fingerprint density at radius 1 is 1.53 bits per heavy atom. The zero-order valence-corrected chi connectivity index (χ0v) is 11.7. The number of thiophene rings is 1. The van der Waals surface area contributed by atoms with E-state index in [1.54, 1.807) is 16.2 Å². The Labute approximate surface area is 107 Å². The third-order valence-electron chi connectivity index (χ3n) is 2.59. The Morgan fingerprint density at radius 2 is 2.24 bits per heavy atom. The van der Waals surface area contributed by atoms with Crippen LogP contribution >= 0.6 is 11.3 Å². The van der Waals surface area contributed by atoms with E-state index < -0.39 is 0 Å². The molecular formula is C12H20N2O2S. The van der Waals surface area contributed by atoms with Crippen molar-refractivity contribution >= 4 is 22.4 Å². The maximum atomic E-state index is 11.9. The quantitative estimate of drug-likeness (QED) is 0.812. The van der Waals surface area contributed by atoms with Crippen molar-refractivity contribution in [2.75, 3.05) is 32.1 Å². The van der Waals surface area contributed by atoms with Crippen LogP contribution in [0.15, 0.2) is 17.5 Å². The Morgan fingerprint density at radius 3 is 2.71 bits per heavy atom. The molecule has 0 aliphatic rings. The summed E-state index contributed by atoms with van der Waals surface area (Å²) in [6.45, 7) is 4.93. The van der Waals surface area contributed by atoms with Gasteiger partial charge in [0.15, 0.2) is 0 Å². The molecule has 0 N–H and O–H groups in total. The molecule has 1 unspecified atom stereocenters. The van der Waals surface area contributed by atoms with Gasteiger partial charge in [-0.15, -0.1) is 11.3 Å². The molecule has 0 aliphatic carbocycles. The van der Waals surface area contributed by atoms with Gasteiger partial charge in [0, 0.05) is 12.6 Å². The van der Waals surface area contributed by atoms with Crippen molar-refractivity contribution in [3.8, 4) is 0 Å². The highest BCUT2D eigenvalue weighted by Crippen LogP contribution is 2.22. The van der Waals surface area contributed by atoms with Crippen molar-refractivity contribution in [3.63, 3.8) is 0 Å². The number of hydrogen-bond donors (Lipinski definition) is 0. The van der Waals surface area contributed by atoms with E-state index in [0.717, 1.165) is 5.00 Å². The number of anilines is 1. The van der Waals surface area contributed by atoms with Crippen LogP contribution in [0.1, 0.15) is 13.8 Å². The fourth-order valence-corrected chi connectivity index (χ4v) is 2.04. The molecule has 5 heteroatoms. The van der Waals surface area contributed by atoms with Crippen LogP contribution in [0, 0.1) is 0 Å². The van der Waals surface area contributed by atoms with Crippen LogP contribution in [0.4, 0.5) is 9.80 Å². The summed E-state index contributed by atoms with van der Waals surface area (Å²) in [4.78, 5) is 15.7. The highest BCUT2D eigenvalue weighted by molar-refractivity contribution is 7.14. The predicted molar refractivity (Wildman–Crippen MR) is 71.8 cm³/mol. The van der Waals surface area contributed by atoms with E-state index in [2.05, 4.69) is 11.8 Å². The lowest BCUT2D eigenvalue weighted by Gasteiger charge is -2.27. The third kappa shape index (κ3) is 4.02. The van der Waals surface area contributed by atoms with Crippen LogP contribution in [0.25, 0.3) is 0 Å². The molecule has 1 aromatic rings. The molecule has 17 heavy (non-hydrogen) atoms. The molecule has 0 bridgehead atoms. The number of amides is 1. The largest absolute Gasteiger partial charge is 0.449 e. The average molecular weight is 256 g/mol. The number of nitrogens with zero attached hydrogens (tertiary/aromatic N) is 2. The van der Waals surface area contributed by atoms with Crippen LogP contribution < -0.4 is 4.90 Å². The van der Waals surface area contributed by atoms with Crippen LogP contribution in [-0.2, 0) is 4.74 Å². The third-order valence-corrected chi connectivity index (χ3v) is 3.48. The zero-order valence-electron chi connectivity index (χ0n) is 10.8. The van der Waals surface area contributed by atoms with Gasteiger partial charge in [-0.05, 0) is 45.5 Å². The summed E-state index contributed by atoms with van der Waals surface area (Å²) in [5.41, 5.74) is 0. The number of carbonyl (C=O) groups is 1. The van der Waals surface area contributed by atoms with E-state index in [1.165, 1.54) is 0 Å². The molecule has 0 aromatic carbocycles. The minimum Gasteiger partial charge on any atom is -0.449 e. The highest BCUT2D eigenvalue weighted by atomic mass is 32.1. The zero-order chi connectivity index (χ0) is 12.8. The maximum absolute atomic E-state index is 11.9. The number of carbonyl (C=O) groups excluding carboxylic acids is 1. The van der Waals surface area contributed by atoms with E-state index in [-0.39, 0.29) is 12.1 Å². The van der Waals surface area contributed by atoms with Gasteiger partial charge in [0.05, 0.1) is 6.61 Å². The molecule has 1 atom stereocenters. The van der Waals surface area contributed by atoms with Crippen molar-refractivity contribution in [2.24, 2.45) is 0 Å². The van der Waals surface area contributed by atoms with Gasteiger partial charge in [-0.25, -0.2) is 4.79 Å². The molecule has 0 saturated heterocycles. The molecule has 0 fully saturated rings. The topological polar surface area (TPSA) is 32.8 Å². The minimum atomic E-state index is -0.274. The first-order chi connectivity index (χ1) is 8.06. The molecule has 4 nitrogen and oxygen atoms in total. The first kappa shape index (κ1) is 14.0. The standard InChI is InChI=1S/C12H20N2O2S/c1-5-16-12(15)14(9-10(2)13(3)4)11-7-6-8-17-11/h6-8,10H,5,9H2,1-4H3. The molecular weight excluding hydrogens is 236 g/mol. The predicted octanol–water partition coefficient (Wildman–Crippen LogP) is 2.66. The van der Waals surface area contributed by atoms with E-state index >= 15 is 0 Å². The van der Waals surface area contributed by atoms with Crippen LogP contribution in [-0.4, -0.2) is 44.3 Å². The molecule has 0 spiro atoms. The monoisotopic (exact) mass is 256 g/mol. The molecule has 96 valence electrons. The highest BCUT2D eigenvalue weighted by Gasteiger charge is 2.21. The van der Waals surface area contributed by atoms with E-state index in [9.17, 15) is 4.79 Å². The summed E-state index contributed by atoms with van der Waals surface area (Å²) < 4.78 is 5.08. The van der Waals surface area contributed by atoms with Crippen molar-refractivity contribution in [1.29, 1.82) is 0 Å². The Balaban J connectivity index is 2.76. The second-order valence-corrected chi connectivity index (χ2v) is 5.00. The molecule has 0 radical (unpaired) electrons. The van der Waals surface area contributed by atoms with Crippen molar-refractivity contribution in [1.82, 2.24) is 4.90 Å². The Hall–Kier alpha value is -1.07. The Kier molecular flexibility index (Phi) is 5.44. The Bertz CT molecular complexity index is 338. The van der Waals surface area contributed by atoms with E-state index in [1.807, 2.05) is 38.5 Å². The smallest absolute Gasteiger partial charge is 0.414 e. The van der Waals surface area contributed by atoms with Gasteiger partial charge < -0.3 is 9.64 Å². The number of likely N-dealkylation sites (N-methyl/N-ethyl adjacent to an activating group) is 1. The molecule has 1 amide bonds. The number of rotatable bonds is 5. The molecule has 0 aliphatic heterocycles. The van der Waals surface area contributed by atoms with E-state index in [0.29, 0.717) is 13.2 Å². The summed E-state index contributed by atoms with van der Waals surface area (Å²) >= 11 is 1.55. The lowest BCUT2D eigenvalue weighted by molar-refractivity contribution is 0.157. The van der Waals surface area contributed by atoms with Crippen molar-refractivity contribution in [2.45, 2.75) is 19.9 Å². The average Bonchev–Trinajstić information content (AvgIpc) is 2.78. The summed E-state index contributed by atoms with van der Waals surface area (Å²) in [7, 11) is 4.00. The van der Waals surface area contributed by atoms with Crippen LogP contribution in [0.3, 0.4) is 0 Å². The first-order valence-electron chi connectivity index (χ1n) is 5.70. The van der Waals surface area contributed by atoms with Gasteiger partial charge in [0.2, 0.25) is 0 Å². The maximum Gasteiger partial charge on any atom is 0.414 e. The number of hydrogen-bond acceptors (Lipinski definition) is 4. The summed E-state index contributed by atoms with van der Waals surface area (Å²) in [5, 5.41) is 2.89. The fourth-order valence-electron chi connectivity index (χ4n) is 1.31. The van der Waals surface area contributed by atoms with Crippen LogP contribution in [0.2, 0.25) is 0 Å². The van der Waals surface area contributed by atoms with Gasteiger partial charge in [-0.1, -0.05) is 0 Å².